The molecule has 0 aliphatic rings. The third-order valence-corrected chi connectivity index (χ3v) is 4.56. The second kappa shape index (κ2) is 10.3. The lowest BCUT2D eigenvalue weighted by Crippen LogP contribution is -2.27. The standard InChI is InChI=1S/C24H23BrN4O4/c1-24(2,3)33-23(32)28-16-12-10-15(11-13-16)21(30)26-17-6-4-7-18(14-17)27-22(31)19-8-5-9-20(25)29-19/h4-14H,1-3H3,(H,26,30)(H,27,31)(H,28,32). The summed E-state index contributed by atoms with van der Waals surface area (Å²) in [4.78, 5) is 41.0. The van der Waals surface area contributed by atoms with Gasteiger partial charge in [-0.05, 0) is 91.3 Å². The van der Waals surface area contributed by atoms with Crippen LogP contribution in [0.4, 0.5) is 21.9 Å². The van der Waals surface area contributed by atoms with Crippen molar-refractivity contribution in [2.45, 2.75) is 26.4 Å². The number of rotatable bonds is 5. The van der Waals surface area contributed by atoms with Crippen molar-refractivity contribution in [3.05, 3.63) is 82.6 Å². The lowest BCUT2D eigenvalue weighted by Gasteiger charge is -2.19. The van der Waals surface area contributed by atoms with Gasteiger partial charge in [0, 0.05) is 22.6 Å². The molecular formula is C24H23BrN4O4. The van der Waals surface area contributed by atoms with Crippen molar-refractivity contribution in [1.82, 2.24) is 4.98 Å². The number of halogens is 1. The van der Waals surface area contributed by atoms with Crippen LogP contribution in [0.15, 0.2) is 71.3 Å². The normalized spacial score (nSPS) is 10.8. The molecule has 3 aromatic rings. The summed E-state index contributed by atoms with van der Waals surface area (Å²) in [5, 5.41) is 8.16. The van der Waals surface area contributed by atoms with E-state index in [1.165, 1.54) is 0 Å². The summed E-state index contributed by atoms with van der Waals surface area (Å²) in [6, 6.07) is 18.2. The van der Waals surface area contributed by atoms with Crippen molar-refractivity contribution >= 4 is 50.9 Å². The van der Waals surface area contributed by atoms with E-state index in [1.807, 2.05) is 0 Å². The highest BCUT2D eigenvalue weighted by Crippen LogP contribution is 2.18. The van der Waals surface area contributed by atoms with E-state index in [0.717, 1.165) is 0 Å². The van der Waals surface area contributed by atoms with E-state index in [0.29, 0.717) is 27.2 Å². The van der Waals surface area contributed by atoms with Crippen LogP contribution in [0.3, 0.4) is 0 Å². The fraction of sp³-hybridized carbons (Fsp3) is 0.167. The Hall–Kier alpha value is -3.72. The summed E-state index contributed by atoms with van der Waals surface area (Å²) in [6.07, 6.45) is -0.573. The molecule has 0 radical (unpaired) electrons. The molecule has 0 saturated carbocycles. The topological polar surface area (TPSA) is 109 Å². The van der Waals surface area contributed by atoms with Gasteiger partial charge >= 0.3 is 6.09 Å². The smallest absolute Gasteiger partial charge is 0.412 e. The zero-order valence-electron chi connectivity index (χ0n) is 18.3. The third-order valence-electron chi connectivity index (χ3n) is 4.12. The highest BCUT2D eigenvalue weighted by atomic mass is 79.9. The van der Waals surface area contributed by atoms with E-state index < -0.39 is 11.7 Å². The van der Waals surface area contributed by atoms with E-state index in [1.54, 1.807) is 87.5 Å². The van der Waals surface area contributed by atoms with Crippen LogP contribution >= 0.6 is 15.9 Å². The van der Waals surface area contributed by atoms with Gasteiger partial charge in [-0.3, -0.25) is 14.9 Å². The molecule has 2 aromatic carbocycles. The number of amides is 3. The van der Waals surface area contributed by atoms with Crippen molar-refractivity contribution in [3.63, 3.8) is 0 Å². The monoisotopic (exact) mass is 510 g/mol. The van der Waals surface area contributed by atoms with E-state index in [-0.39, 0.29) is 17.5 Å². The van der Waals surface area contributed by atoms with Gasteiger partial charge in [-0.25, -0.2) is 9.78 Å². The molecule has 0 spiro atoms. The van der Waals surface area contributed by atoms with Crippen LogP contribution in [0.25, 0.3) is 0 Å². The number of nitrogens with zero attached hydrogens (tertiary/aromatic N) is 1. The third kappa shape index (κ3) is 7.43. The number of hydrogen-bond donors (Lipinski definition) is 3. The number of ether oxygens (including phenoxy) is 1. The first-order valence-corrected chi connectivity index (χ1v) is 10.8. The Balaban J connectivity index is 1.61. The van der Waals surface area contributed by atoms with Crippen LogP contribution in [0, 0.1) is 0 Å². The van der Waals surface area contributed by atoms with Crippen LogP contribution in [0.5, 0.6) is 0 Å². The molecule has 0 unspecified atom stereocenters. The van der Waals surface area contributed by atoms with Crippen LogP contribution < -0.4 is 16.0 Å². The predicted octanol–water partition coefficient (Wildman–Crippen LogP) is 5.70. The highest BCUT2D eigenvalue weighted by molar-refractivity contribution is 9.10. The van der Waals surface area contributed by atoms with Gasteiger partial charge in [-0.2, -0.15) is 0 Å². The minimum Gasteiger partial charge on any atom is -0.444 e. The van der Waals surface area contributed by atoms with Crippen molar-refractivity contribution in [2.24, 2.45) is 0 Å². The maximum atomic E-state index is 12.6. The van der Waals surface area contributed by atoms with Gasteiger partial charge in [0.2, 0.25) is 0 Å². The number of hydrogen-bond acceptors (Lipinski definition) is 5. The molecule has 33 heavy (non-hydrogen) atoms. The van der Waals surface area contributed by atoms with Crippen molar-refractivity contribution < 1.29 is 19.1 Å². The first-order chi connectivity index (χ1) is 15.6. The molecule has 0 aliphatic carbocycles. The Morgan fingerprint density at radius 1 is 0.788 bits per heavy atom. The second-order valence-electron chi connectivity index (χ2n) is 8.04. The molecule has 8 nitrogen and oxygen atoms in total. The molecule has 1 heterocycles. The first kappa shape index (κ1) is 23.9. The first-order valence-electron chi connectivity index (χ1n) is 10.0. The SMILES string of the molecule is CC(C)(C)OC(=O)Nc1ccc(C(=O)Nc2cccc(NC(=O)c3cccc(Br)n3)c2)cc1. The highest BCUT2D eigenvalue weighted by Gasteiger charge is 2.16. The Morgan fingerprint density at radius 3 is 2.00 bits per heavy atom. The maximum Gasteiger partial charge on any atom is 0.412 e. The average Bonchev–Trinajstić information content (AvgIpc) is 2.73. The Kier molecular flexibility index (Phi) is 7.44. The van der Waals surface area contributed by atoms with Crippen LogP contribution in [0.2, 0.25) is 0 Å². The molecule has 170 valence electrons. The van der Waals surface area contributed by atoms with Gasteiger partial charge in [-0.1, -0.05) is 12.1 Å². The molecule has 0 fully saturated rings. The van der Waals surface area contributed by atoms with Gasteiger partial charge in [0.05, 0.1) is 0 Å². The number of anilines is 3. The quantitative estimate of drug-likeness (QED) is 0.381. The molecule has 1 aromatic heterocycles. The minimum atomic E-state index is -0.605. The summed E-state index contributed by atoms with van der Waals surface area (Å²) in [6.45, 7) is 5.33. The number of nitrogens with one attached hydrogen (secondary N) is 3. The van der Waals surface area contributed by atoms with Crippen LogP contribution in [-0.2, 0) is 4.74 Å². The molecule has 0 aliphatic heterocycles. The Labute approximate surface area is 199 Å². The number of carbonyl (C=O) groups is 3. The van der Waals surface area contributed by atoms with Gasteiger partial charge in [0.15, 0.2) is 0 Å². The Bertz CT molecular complexity index is 1170. The molecule has 0 bridgehead atoms. The summed E-state index contributed by atoms with van der Waals surface area (Å²) >= 11 is 3.24. The summed E-state index contributed by atoms with van der Waals surface area (Å²) in [5.74, 6) is -0.705. The van der Waals surface area contributed by atoms with Gasteiger partial charge in [0.25, 0.3) is 11.8 Å². The maximum absolute atomic E-state index is 12.6. The van der Waals surface area contributed by atoms with E-state index in [9.17, 15) is 14.4 Å². The lowest BCUT2D eigenvalue weighted by atomic mass is 10.2. The Morgan fingerprint density at radius 2 is 1.39 bits per heavy atom. The van der Waals surface area contributed by atoms with Crippen molar-refractivity contribution in [3.8, 4) is 0 Å². The zero-order chi connectivity index (χ0) is 24.0. The molecule has 3 amide bonds. The van der Waals surface area contributed by atoms with E-state index in [2.05, 4.69) is 36.9 Å². The summed E-state index contributed by atoms with van der Waals surface area (Å²) in [7, 11) is 0. The molecule has 0 atom stereocenters. The van der Waals surface area contributed by atoms with Crippen molar-refractivity contribution in [2.75, 3.05) is 16.0 Å². The van der Waals surface area contributed by atoms with Crippen LogP contribution in [0.1, 0.15) is 41.6 Å². The minimum absolute atomic E-state index is 0.263. The average molecular weight is 511 g/mol. The number of carbonyl (C=O) groups excluding carboxylic acids is 3. The van der Waals surface area contributed by atoms with Gasteiger partial charge in [-0.15, -0.1) is 0 Å². The molecular weight excluding hydrogens is 488 g/mol. The molecule has 3 N–H and O–H groups in total. The number of aromatic nitrogens is 1. The van der Waals surface area contributed by atoms with E-state index >= 15 is 0 Å². The molecule has 3 rings (SSSR count). The lowest BCUT2D eigenvalue weighted by molar-refractivity contribution is 0.0635. The van der Waals surface area contributed by atoms with Crippen LogP contribution in [-0.4, -0.2) is 28.5 Å². The molecule has 9 heteroatoms. The summed E-state index contributed by atoms with van der Waals surface area (Å²) in [5.41, 5.74) is 1.59. The van der Waals surface area contributed by atoms with Gasteiger partial charge in [0.1, 0.15) is 15.9 Å². The van der Waals surface area contributed by atoms with E-state index in [4.69, 9.17) is 4.74 Å². The molecule has 0 saturated heterocycles. The largest absolute Gasteiger partial charge is 0.444 e. The zero-order valence-corrected chi connectivity index (χ0v) is 19.9. The predicted molar refractivity (Wildman–Crippen MR) is 131 cm³/mol. The second-order valence-corrected chi connectivity index (χ2v) is 8.85. The number of benzene rings is 2. The van der Waals surface area contributed by atoms with Crippen molar-refractivity contribution in [1.29, 1.82) is 0 Å². The van der Waals surface area contributed by atoms with Gasteiger partial charge < -0.3 is 15.4 Å². The number of pyridine rings is 1. The fourth-order valence-corrected chi connectivity index (χ4v) is 3.08. The fourth-order valence-electron chi connectivity index (χ4n) is 2.73. The summed E-state index contributed by atoms with van der Waals surface area (Å²) < 4.78 is 5.76.